The molecule has 1 spiro atoms. The highest BCUT2D eigenvalue weighted by Crippen LogP contribution is 2.51. The van der Waals surface area contributed by atoms with E-state index in [9.17, 15) is 60.3 Å². The SMILES string of the molecule is CC(OC(=O)C=Cc1ccc(O)cc1)C1=CC2(C=CC3C(C(=O)O)=COC(OC4OC(COC5OC(CO)C(O)C(O)C5O)C(O)C(O)C4O)C32)OC1=O. The van der Waals surface area contributed by atoms with Crippen molar-refractivity contribution in [1.29, 1.82) is 0 Å². The molecule has 0 bridgehead atoms. The lowest BCUT2D eigenvalue weighted by Gasteiger charge is -2.45. The quantitative estimate of drug-likeness (QED) is 0.0630. The number of benzene rings is 1. The second-order valence-electron chi connectivity index (χ2n) is 13.3. The number of carbonyl (C=O) groups excluding carboxylic acids is 2. The van der Waals surface area contributed by atoms with E-state index in [1.54, 1.807) is 12.1 Å². The van der Waals surface area contributed by atoms with E-state index >= 15 is 0 Å². The maximum Gasteiger partial charge on any atom is 0.338 e. The average Bonchev–Trinajstić information content (AvgIpc) is 3.69. The van der Waals surface area contributed by atoms with E-state index in [0.29, 0.717) is 5.56 Å². The highest BCUT2D eigenvalue weighted by Gasteiger charge is 2.60. The number of hydrogen-bond donors (Lipinski definition) is 9. The van der Waals surface area contributed by atoms with Crippen LogP contribution in [0.4, 0.5) is 0 Å². The first-order valence-electron chi connectivity index (χ1n) is 16.8. The van der Waals surface area contributed by atoms with Crippen LogP contribution in [-0.2, 0) is 47.5 Å². The fourth-order valence-corrected chi connectivity index (χ4v) is 6.86. The highest BCUT2D eigenvalue weighted by atomic mass is 16.8. The van der Waals surface area contributed by atoms with Crippen LogP contribution < -0.4 is 0 Å². The number of fused-ring (bicyclic) bond motifs is 2. The Labute approximate surface area is 306 Å². The summed E-state index contributed by atoms with van der Waals surface area (Å²) in [7, 11) is 0. The second-order valence-corrected chi connectivity index (χ2v) is 13.3. The second kappa shape index (κ2) is 15.8. The number of phenolic OH excluding ortho intramolecular Hbond substituents is 1. The first kappa shape index (κ1) is 39.4. The number of carbonyl (C=O) groups is 3. The van der Waals surface area contributed by atoms with Crippen LogP contribution in [0.15, 0.2) is 66.0 Å². The minimum absolute atomic E-state index is 0.0388. The maximum absolute atomic E-state index is 13.3. The Morgan fingerprint density at radius 2 is 1.56 bits per heavy atom. The highest BCUT2D eigenvalue weighted by molar-refractivity contribution is 5.95. The summed E-state index contributed by atoms with van der Waals surface area (Å²) in [6.07, 6.45) is -12.1. The number of allylic oxidation sites excluding steroid dienone is 1. The Kier molecular flexibility index (Phi) is 11.6. The Balaban J connectivity index is 1.18. The predicted molar refractivity (Wildman–Crippen MR) is 174 cm³/mol. The number of rotatable bonds is 11. The third-order valence-corrected chi connectivity index (χ3v) is 9.83. The van der Waals surface area contributed by atoms with Crippen LogP contribution in [0.2, 0.25) is 0 Å². The van der Waals surface area contributed by atoms with E-state index in [1.165, 1.54) is 43.4 Å². The molecule has 1 aromatic rings. The number of phenols is 1. The summed E-state index contributed by atoms with van der Waals surface area (Å²) in [6.45, 7) is 0.0411. The minimum atomic E-state index is -1.92. The Hall–Kier alpha value is -4.25. The first-order valence-corrected chi connectivity index (χ1v) is 16.8. The van der Waals surface area contributed by atoms with E-state index in [-0.39, 0.29) is 16.9 Å². The van der Waals surface area contributed by atoms with Gasteiger partial charge >= 0.3 is 17.9 Å². The number of aliphatic carboxylic acids is 1. The van der Waals surface area contributed by atoms with Gasteiger partial charge in [-0.25, -0.2) is 14.4 Å². The fourth-order valence-electron chi connectivity index (χ4n) is 6.86. The summed E-state index contributed by atoms with van der Waals surface area (Å²) in [4.78, 5) is 38.0. The van der Waals surface area contributed by atoms with E-state index in [4.69, 9.17) is 33.2 Å². The molecule has 4 heterocycles. The normalized spacial score (nSPS) is 39.4. The molecule has 0 radical (unpaired) electrons. The zero-order valence-electron chi connectivity index (χ0n) is 28.4. The number of aliphatic hydroxyl groups excluding tert-OH is 7. The zero-order valence-corrected chi connectivity index (χ0v) is 28.4. The molecule has 54 heavy (non-hydrogen) atoms. The van der Waals surface area contributed by atoms with Crippen molar-refractivity contribution < 1.29 is 93.5 Å². The van der Waals surface area contributed by atoms with Gasteiger partial charge in [-0.3, -0.25) is 0 Å². The van der Waals surface area contributed by atoms with Gasteiger partial charge in [-0.1, -0.05) is 18.2 Å². The third kappa shape index (κ3) is 7.66. The van der Waals surface area contributed by atoms with Crippen molar-refractivity contribution in [3.63, 3.8) is 0 Å². The molecular formula is C35H40O19. The predicted octanol–water partition coefficient (Wildman–Crippen LogP) is -2.67. The molecule has 1 aromatic carbocycles. The lowest BCUT2D eigenvalue weighted by molar-refractivity contribution is -0.355. The van der Waals surface area contributed by atoms with Crippen molar-refractivity contribution >= 4 is 24.0 Å². The Bertz CT molecular complexity index is 1690. The number of esters is 2. The summed E-state index contributed by atoms with van der Waals surface area (Å²) in [6, 6.07) is 5.99. The number of aliphatic hydroxyl groups is 7. The van der Waals surface area contributed by atoms with E-state index < -0.39 is 122 Å². The largest absolute Gasteiger partial charge is 0.508 e. The van der Waals surface area contributed by atoms with Gasteiger partial charge in [0.25, 0.3) is 0 Å². The molecule has 0 amide bonds. The molecule has 9 N–H and O–H groups in total. The van der Waals surface area contributed by atoms with Gasteiger partial charge in [0.1, 0.15) is 60.7 Å². The number of ether oxygens (including phenoxy) is 7. The first-order chi connectivity index (χ1) is 25.6. The van der Waals surface area contributed by atoms with Crippen molar-refractivity contribution in [1.82, 2.24) is 0 Å². The van der Waals surface area contributed by atoms with Crippen LogP contribution in [0.5, 0.6) is 5.75 Å². The van der Waals surface area contributed by atoms with Crippen molar-refractivity contribution in [3.05, 3.63) is 71.5 Å². The van der Waals surface area contributed by atoms with Gasteiger partial charge in [0, 0.05) is 12.0 Å². The molecular weight excluding hydrogens is 724 g/mol. The number of aromatic hydroxyl groups is 1. The number of carboxylic acids is 1. The maximum atomic E-state index is 13.3. The summed E-state index contributed by atoms with van der Waals surface area (Å²) < 4.78 is 39.3. The third-order valence-electron chi connectivity index (χ3n) is 9.83. The van der Waals surface area contributed by atoms with Gasteiger partial charge in [-0.05, 0) is 42.8 Å². The topological polar surface area (TPSA) is 298 Å². The van der Waals surface area contributed by atoms with Crippen LogP contribution in [0.1, 0.15) is 12.5 Å². The van der Waals surface area contributed by atoms with Crippen LogP contribution in [0, 0.1) is 11.8 Å². The molecule has 19 heteroatoms. The Morgan fingerprint density at radius 1 is 0.907 bits per heavy atom. The van der Waals surface area contributed by atoms with Crippen LogP contribution in [0.25, 0.3) is 6.08 Å². The molecule has 15 unspecified atom stereocenters. The molecule has 6 rings (SSSR count). The summed E-state index contributed by atoms with van der Waals surface area (Å²) in [5.74, 6) is -5.21. The van der Waals surface area contributed by atoms with Gasteiger partial charge in [-0.2, -0.15) is 0 Å². The van der Waals surface area contributed by atoms with E-state index in [0.717, 1.165) is 12.3 Å². The minimum Gasteiger partial charge on any atom is -0.508 e. The summed E-state index contributed by atoms with van der Waals surface area (Å²) >= 11 is 0. The molecule has 19 nitrogen and oxygen atoms in total. The van der Waals surface area contributed by atoms with Crippen LogP contribution in [-0.4, -0.2) is 156 Å². The van der Waals surface area contributed by atoms with Gasteiger partial charge in [-0.15, -0.1) is 0 Å². The monoisotopic (exact) mass is 764 g/mol. The van der Waals surface area contributed by atoms with Crippen LogP contribution in [0.3, 0.4) is 0 Å². The van der Waals surface area contributed by atoms with Gasteiger partial charge in [0.05, 0.1) is 36.5 Å². The molecule has 0 saturated carbocycles. The molecule has 2 fully saturated rings. The van der Waals surface area contributed by atoms with Crippen molar-refractivity contribution in [3.8, 4) is 5.75 Å². The van der Waals surface area contributed by atoms with E-state index in [2.05, 4.69) is 0 Å². The van der Waals surface area contributed by atoms with Gasteiger partial charge in [0.15, 0.2) is 18.2 Å². The van der Waals surface area contributed by atoms with Crippen molar-refractivity contribution in [2.45, 2.75) is 86.3 Å². The molecule has 4 aliphatic heterocycles. The fraction of sp³-hybridized carbons (Fsp3) is 0.514. The van der Waals surface area contributed by atoms with Gasteiger partial charge < -0.3 is 79.1 Å². The van der Waals surface area contributed by atoms with E-state index in [1.807, 2.05) is 0 Å². The molecule has 5 aliphatic rings. The van der Waals surface area contributed by atoms with Crippen molar-refractivity contribution in [2.75, 3.05) is 13.2 Å². The number of carboxylic acid groups (broad SMARTS) is 1. The smallest absolute Gasteiger partial charge is 0.338 e. The average molecular weight is 765 g/mol. The lowest BCUT2D eigenvalue weighted by Crippen LogP contribution is -2.62. The van der Waals surface area contributed by atoms with Crippen molar-refractivity contribution in [2.24, 2.45) is 11.8 Å². The van der Waals surface area contributed by atoms with Crippen LogP contribution >= 0.6 is 0 Å². The molecule has 15 atom stereocenters. The Morgan fingerprint density at radius 3 is 2.22 bits per heavy atom. The van der Waals surface area contributed by atoms with Gasteiger partial charge in [0.2, 0.25) is 6.29 Å². The molecule has 2 saturated heterocycles. The number of hydrogen-bond acceptors (Lipinski definition) is 18. The zero-order chi connectivity index (χ0) is 39.1. The molecule has 294 valence electrons. The summed E-state index contributed by atoms with van der Waals surface area (Å²) in [5.41, 5.74) is -1.46. The molecule has 1 aliphatic carbocycles. The summed E-state index contributed by atoms with van der Waals surface area (Å²) in [5, 5.41) is 91.5. The molecule has 0 aromatic heterocycles. The standard InChI is InChI=1S/C35H40O19/c1-14(50-22(38)7-4-15-2-5-16(37)6-3-15)18-10-35(54-31(18)47)9-8-17-19(30(45)46)12-48-32(23(17)35)53-34-29(44)27(42)25(40)21(52-34)13-49-33-28(43)26(41)24(39)20(11-36)51-33/h2-10,12,14,17,20-21,23-29,32-34,36-37,39-44H,11,13H2,1H3,(H,45,46). The lowest BCUT2D eigenvalue weighted by atomic mass is 9.78.